The molecule has 4 nitrogen and oxygen atoms in total. The molecule has 0 spiro atoms. The van der Waals surface area contributed by atoms with E-state index in [0.29, 0.717) is 0 Å². The zero-order valence-corrected chi connectivity index (χ0v) is 9.42. The third kappa shape index (κ3) is 8.87. The van der Waals surface area contributed by atoms with Gasteiger partial charge in [0.25, 0.3) is 0 Å². The summed E-state index contributed by atoms with van der Waals surface area (Å²) in [6, 6.07) is 0. The van der Waals surface area contributed by atoms with Crippen molar-refractivity contribution >= 4 is 17.5 Å². The average Bonchev–Trinajstić information content (AvgIpc) is 2.10. The first kappa shape index (κ1) is 13.5. The Bertz CT molecular complexity index is 288. The van der Waals surface area contributed by atoms with Crippen LogP contribution in [0.3, 0.4) is 0 Å². The minimum atomic E-state index is -0.263. The predicted molar refractivity (Wildman–Crippen MR) is 57.4 cm³/mol. The molecule has 0 aliphatic carbocycles. The summed E-state index contributed by atoms with van der Waals surface area (Å²) in [7, 11) is 0. The van der Waals surface area contributed by atoms with Crippen molar-refractivity contribution in [3.8, 4) is 0 Å². The molecule has 0 saturated carbocycles. The Morgan fingerprint density at radius 2 is 1.67 bits per heavy atom. The highest BCUT2D eigenvalue weighted by atomic mass is 16.2. The Labute approximate surface area is 89.7 Å². The number of hydrogen-bond donors (Lipinski definition) is 1. The smallest absolute Gasteiger partial charge is 0.220 e. The summed E-state index contributed by atoms with van der Waals surface area (Å²) in [6.07, 6.45) is 1.84. The highest BCUT2D eigenvalue weighted by Crippen LogP contribution is 1.96. The van der Waals surface area contributed by atoms with Crippen LogP contribution >= 0.6 is 0 Å². The minimum absolute atomic E-state index is 0.0374. The van der Waals surface area contributed by atoms with Crippen LogP contribution in [0.15, 0.2) is 11.6 Å². The molecule has 0 fully saturated rings. The molecular formula is C11H17NO3. The second kappa shape index (κ2) is 6.92. The average molecular weight is 211 g/mol. The fourth-order valence-corrected chi connectivity index (χ4v) is 0.942. The summed E-state index contributed by atoms with van der Waals surface area (Å²) in [5, 5.41) is 2.43. The van der Waals surface area contributed by atoms with Gasteiger partial charge in [0.05, 0.1) is 6.54 Å². The van der Waals surface area contributed by atoms with Gasteiger partial charge in [0, 0.05) is 12.8 Å². The van der Waals surface area contributed by atoms with Crippen molar-refractivity contribution in [3.63, 3.8) is 0 Å². The lowest BCUT2D eigenvalue weighted by atomic mass is 10.1. The number of amides is 1. The van der Waals surface area contributed by atoms with Crippen molar-refractivity contribution < 1.29 is 14.4 Å². The summed E-state index contributed by atoms with van der Waals surface area (Å²) in [6.45, 7) is 5.09. The molecule has 84 valence electrons. The number of Topliss-reactive ketones (excluding diaryl/α,β-unsaturated/α-hetero) is 1. The van der Waals surface area contributed by atoms with Gasteiger partial charge in [0.15, 0.2) is 5.78 Å². The Kier molecular flexibility index (Phi) is 6.25. The van der Waals surface area contributed by atoms with E-state index in [4.69, 9.17) is 0 Å². The molecule has 0 rings (SSSR count). The van der Waals surface area contributed by atoms with Crippen LogP contribution in [0.5, 0.6) is 0 Å². The molecule has 0 aromatic carbocycles. The van der Waals surface area contributed by atoms with Crippen LogP contribution in [0, 0.1) is 0 Å². The lowest BCUT2D eigenvalue weighted by molar-refractivity contribution is -0.125. The Balaban J connectivity index is 3.76. The third-order valence-electron chi connectivity index (χ3n) is 1.58. The van der Waals surface area contributed by atoms with Gasteiger partial charge in [-0.05, 0) is 26.8 Å². The topological polar surface area (TPSA) is 63.2 Å². The molecule has 15 heavy (non-hydrogen) atoms. The summed E-state index contributed by atoms with van der Waals surface area (Å²) in [5.41, 5.74) is 0.921. The highest BCUT2D eigenvalue weighted by Gasteiger charge is 2.05. The van der Waals surface area contributed by atoms with E-state index in [1.807, 2.05) is 13.8 Å². The largest absolute Gasteiger partial charge is 0.349 e. The number of allylic oxidation sites excluding steroid dienone is 2. The van der Waals surface area contributed by atoms with Crippen LogP contribution in [0.2, 0.25) is 0 Å². The monoisotopic (exact) mass is 211 g/mol. The molecule has 0 unspecified atom stereocenters. The lowest BCUT2D eigenvalue weighted by Crippen LogP contribution is -2.28. The molecule has 0 radical (unpaired) electrons. The van der Waals surface area contributed by atoms with Crippen molar-refractivity contribution in [2.24, 2.45) is 0 Å². The molecule has 0 heterocycles. The first-order valence-electron chi connectivity index (χ1n) is 4.85. The van der Waals surface area contributed by atoms with E-state index in [0.717, 1.165) is 5.57 Å². The lowest BCUT2D eigenvalue weighted by Gasteiger charge is -2.00. The SMILES string of the molecule is CC(=O)CNC(=O)CCC(=O)C=C(C)C. The molecule has 0 bridgehead atoms. The number of nitrogens with one attached hydrogen (secondary N) is 1. The maximum Gasteiger partial charge on any atom is 0.220 e. The van der Waals surface area contributed by atoms with E-state index in [-0.39, 0.29) is 36.9 Å². The van der Waals surface area contributed by atoms with Gasteiger partial charge < -0.3 is 5.32 Å². The van der Waals surface area contributed by atoms with Crippen molar-refractivity contribution in [1.82, 2.24) is 5.32 Å². The van der Waals surface area contributed by atoms with Crippen LogP contribution < -0.4 is 5.32 Å². The maximum atomic E-state index is 11.2. The second-order valence-corrected chi connectivity index (χ2v) is 3.67. The molecule has 0 aliphatic heterocycles. The Morgan fingerprint density at radius 1 is 1.07 bits per heavy atom. The number of rotatable bonds is 6. The van der Waals surface area contributed by atoms with Crippen molar-refractivity contribution in [1.29, 1.82) is 0 Å². The van der Waals surface area contributed by atoms with E-state index >= 15 is 0 Å². The normalized spacial score (nSPS) is 9.27. The van der Waals surface area contributed by atoms with Gasteiger partial charge in [-0.2, -0.15) is 0 Å². The fraction of sp³-hybridized carbons (Fsp3) is 0.545. The molecule has 4 heteroatoms. The zero-order valence-electron chi connectivity index (χ0n) is 9.42. The molecule has 0 atom stereocenters. The van der Waals surface area contributed by atoms with E-state index in [2.05, 4.69) is 5.32 Å². The van der Waals surface area contributed by atoms with Crippen LogP contribution in [0.4, 0.5) is 0 Å². The van der Waals surface area contributed by atoms with Crippen LogP contribution in [0.25, 0.3) is 0 Å². The molecule has 0 aromatic heterocycles. The van der Waals surface area contributed by atoms with E-state index in [9.17, 15) is 14.4 Å². The number of carbonyl (C=O) groups excluding carboxylic acids is 3. The van der Waals surface area contributed by atoms with Crippen LogP contribution in [-0.2, 0) is 14.4 Å². The van der Waals surface area contributed by atoms with Gasteiger partial charge in [0.1, 0.15) is 5.78 Å². The van der Waals surface area contributed by atoms with Crippen molar-refractivity contribution in [3.05, 3.63) is 11.6 Å². The van der Waals surface area contributed by atoms with E-state index in [1.54, 1.807) is 0 Å². The number of ketones is 2. The second-order valence-electron chi connectivity index (χ2n) is 3.67. The number of carbonyl (C=O) groups is 3. The molecule has 0 aromatic rings. The quantitative estimate of drug-likeness (QED) is 0.667. The highest BCUT2D eigenvalue weighted by molar-refractivity contribution is 5.93. The third-order valence-corrected chi connectivity index (χ3v) is 1.58. The zero-order chi connectivity index (χ0) is 11.8. The van der Waals surface area contributed by atoms with Crippen molar-refractivity contribution in [2.45, 2.75) is 33.6 Å². The van der Waals surface area contributed by atoms with Gasteiger partial charge in [0.2, 0.25) is 5.91 Å². The van der Waals surface area contributed by atoms with Crippen LogP contribution in [0.1, 0.15) is 33.6 Å². The number of hydrogen-bond acceptors (Lipinski definition) is 3. The summed E-state index contributed by atoms with van der Waals surface area (Å²) in [5.74, 6) is -0.423. The standard InChI is InChI=1S/C11H17NO3/c1-8(2)6-10(14)4-5-11(15)12-7-9(3)13/h6H,4-5,7H2,1-3H3,(H,12,15). The maximum absolute atomic E-state index is 11.2. The summed E-state index contributed by atoms with van der Waals surface area (Å²) >= 11 is 0. The minimum Gasteiger partial charge on any atom is -0.349 e. The molecule has 1 amide bonds. The molecule has 1 N–H and O–H groups in total. The van der Waals surface area contributed by atoms with Gasteiger partial charge in [-0.1, -0.05) is 5.57 Å². The summed E-state index contributed by atoms with van der Waals surface area (Å²) in [4.78, 5) is 32.8. The first-order chi connectivity index (χ1) is 6.91. The molecular weight excluding hydrogens is 194 g/mol. The van der Waals surface area contributed by atoms with Gasteiger partial charge >= 0.3 is 0 Å². The van der Waals surface area contributed by atoms with Crippen molar-refractivity contribution in [2.75, 3.05) is 6.54 Å². The Hall–Kier alpha value is -1.45. The van der Waals surface area contributed by atoms with E-state index in [1.165, 1.54) is 13.0 Å². The molecule has 0 saturated heterocycles. The summed E-state index contributed by atoms with van der Waals surface area (Å²) < 4.78 is 0. The van der Waals surface area contributed by atoms with Gasteiger partial charge in [-0.3, -0.25) is 14.4 Å². The van der Waals surface area contributed by atoms with Gasteiger partial charge in [-0.15, -0.1) is 0 Å². The Morgan fingerprint density at radius 3 is 2.13 bits per heavy atom. The van der Waals surface area contributed by atoms with Gasteiger partial charge in [-0.25, -0.2) is 0 Å². The first-order valence-corrected chi connectivity index (χ1v) is 4.85. The fourth-order valence-electron chi connectivity index (χ4n) is 0.942. The van der Waals surface area contributed by atoms with E-state index < -0.39 is 0 Å². The van der Waals surface area contributed by atoms with Crippen LogP contribution in [-0.4, -0.2) is 24.0 Å². The predicted octanol–water partition coefficient (Wildman–Crippen LogP) is 1.01. The molecule has 0 aliphatic rings.